The first-order valence-corrected chi connectivity index (χ1v) is 11.7. The molecule has 1 amide bonds. The van der Waals surface area contributed by atoms with E-state index in [2.05, 4.69) is 20.9 Å². The van der Waals surface area contributed by atoms with Gasteiger partial charge in [0.05, 0.1) is 0 Å². The lowest BCUT2D eigenvalue weighted by atomic mass is 9.90. The molecule has 4 nitrogen and oxygen atoms in total. The minimum Gasteiger partial charge on any atom is -0.334 e. The minimum absolute atomic E-state index is 0.136. The Morgan fingerprint density at radius 3 is 2.73 bits per heavy atom. The summed E-state index contributed by atoms with van der Waals surface area (Å²) in [5.41, 5.74) is 3.01. The first kappa shape index (κ1) is 21.0. The zero-order valence-corrected chi connectivity index (χ0v) is 18.3. The van der Waals surface area contributed by atoms with Crippen molar-refractivity contribution >= 4 is 5.91 Å². The van der Waals surface area contributed by atoms with E-state index in [1.807, 2.05) is 43.5 Å². The van der Waals surface area contributed by atoms with Crippen LogP contribution in [0.15, 0.2) is 48.8 Å². The highest BCUT2D eigenvalue weighted by Gasteiger charge is 2.29. The predicted molar refractivity (Wildman–Crippen MR) is 121 cm³/mol. The number of aryl methyl sites for hydroxylation is 1. The van der Waals surface area contributed by atoms with Crippen LogP contribution in [0.4, 0.5) is 0 Å². The summed E-state index contributed by atoms with van der Waals surface area (Å²) in [6.45, 7) is 5.86. The van der Waals surface area contributed by atoms with E-state index in [0.29, 0.717) is 12.5 Å². The second-order valence-corrected chi connectivity index (χ2v) is 9.21. The lowest BCUT2D eigenvalue weighted by molar-refractivity contribution is 0.0583. The van der Waals surface area contributed by atoms with E-state index in [9.17, 15) is 4.79 Å². The number of pyridine rings is 1. The van der Waals surface area contributed by atoms with Gasteiger partial charge in [0.25, 0.3) is 5.91 Å². The van der Waals surface area contributed by atoms with E-state index >= 15 is 0 Å². The fourth-order valence-electron chi connectivity index (χ4n) is 5.23. The molecule has 1 aliphatic heterocycles. The highest BCUT2D eigenvalue weighted by molar-refractivity contribution is 5.94. The van der Waals surface area contributed by atoms with Crippen LogP contribution < -0.4 is 0 Å². The average Bonchev–Trinajstić information content (AvgIpc) is 2.80. The van der Waals surface area contributed by atoms with Gasteiger partial charge in [-0.05, 0) is 68.8 Å². The van der Waals surface area contributed by atoms with E-state index in [0.717, 1.165) is 35.8 Å². The number of aromatic nitrogens is 1. The molecular weight excluding hydrogens is 370 g/mol. The molecule has 2 aliphatic rings. The SMILES string of the molecule is Cc1cccc(C(=O)N(Cc2cccnc2)C[C@H]2CCCN(C3CCCCC3)C2)c1. The lowest BCUT2D eigenvalue weighted by Crippen LogP contribution is -2.47. The molecule has 0 N–H and O–H groups in total. The fraction of sp³-hybridized carbons (Fsp3) is 0.538. The lowest BCUT2D eigenvalue weighted by Gasteiger charge is -2.41. The summed E-state index contributed by atoms with van der Waals surface area (Å²) < 4.78 is 0. The van der Waals surface area contributed by atoms with E-state index in [4.69, 9.17) is 0 Å². The van der Waals surface area contributed by atoms with E-state index < -0.39 is 0 Å². The van der Waals surface area contributed by atoms with Gasteiger partial charge in [-0.2, -0.15) is 0 Å². The van der Waals surface area contributed by atoms with Gasteiger partial charge in [0.1, 0.15) is 0 Å². The summed E-state index contributed by atoms with van der Waals surface area (Å²) in [5, 5.41) is 0. The second-order valence-electron chi connectivity index (χ2n) is 9.21. The zero-order valence-electron chi connectivity index (χ0n) is 18.3. The molecule has 0 radical (unpaired) electrons. The third kappa shape index (κ3) is 5.48. The van der Waals surface area contributed by atoms with Gasteiger partial charge in [-0.25, -0.2) is 0 Å². The summed E-state index contributed by atoms with van der Waals surface area (Å²) >= 11 is 0. The molecule has 2 aromatic rings. The normalized spacial score (nSPS) is 20.8. The predicted octanol–water partition coefficient (Wildman–Crippen LogP) is 5.08. The Hall–Kier alpha value is -2.20. The molecule has 0 bridgehead atoms. The number of piperidine rings is 1. The molecule has 0 unspecified atom stereocenters. The van der Waals surface area contributed by atoms with Crippen LogP contribution in [0, 0.1) is 12.8 Å². The van der Waals surface area contributed by atoms with Crippen LogP contribution in [0.3, 0.4) is 0 Å². The number of amides is 1. The molecular formula is C26H35N3O. The number of likely N-dealkylation sites (tertiary alicyclic amines) is 1. The number of carbonyl (C=O) groups excluding carboxylic acids is 1. The molecule has 30 heavy (non-hydrogen) atoms. The number of hydrogen-bond acceptors (Lipinski definition) is 3. The molecule has 1 saturated heterocycles. The zero-order chi connectivity index (χ0) is 20.8. The molecule has 2 heterocycles. The van der Waals surface area contributed by atoms with E-state index in [1.54, 1.807) is 6.20 Å². The largest absolute Gasteiger partial charge is 0.334 e. The topological polar surface area (TPSA) is 36.4 Å². The highest BCUT2D eigenvalue weighted by atomic mass is 16.2. The number of carbonyl (C=O) groups is 1. The van der Waals surface area contributed by atoms with Crippen molar-refractivity contribution in [3.63, 3.8) is 0 Å². The van der Waals surface area contributed by atoms with Crippen molar-refractivity contribution in [3.8, 4) is 0 Å². The Labute approximate surface area is 181 Å². The molecule has 4 rings (SSSR count). The van der Waals surface area contributed by atoms with E-state index in [-0.39, 0.29) is 5.91 Å². The Morgan fingerprint density at radius 1 is 1.10 bits per heavy atom. The summed E-state index contributed by atoms with van der Waals surface area (Å²) in [6.07, 6.45) is 13.0. The monoisotopic (exact) mass is 405 g/mol. The molecule has 1 aliphatic carbocycles. The van der Waals surface area contributed by atoms with Gasteiger partial charge in [0.15, 0.2) is 0 Å². The molecule has 1 atom stereocenters. The van der Waals surface area contributed by atoms with Crippen molar-refractivity contribution in [1.29, 1.82) is 0 Å². The highest BCUT2D eigenvalue weighted by Crippen LogP contribution is 2.28. The Kier molecular flexibility index (Phi) is 7.16. The fourth-order valence-corrected chi connectivity index (χ4v) is 5.23. The Bertz CT molecular complexity index is 816. The van der Waals surface area contributed by atoms with E-state index in [1.165, 1.54) is 51.5 Å². The summed E-state index contributed by atoms with van der Waals surface area (Å²) in [6, 6.07) is 12.8. The average molecular weight is 406 g/mol. The first-order chi connectivity index (χ1) is 14.7. The number of hydrogen-bond donors (Lipinski definition) is 0. The van der Waals surface area contributed by atoms with Crippen molar-refractivity contribution in [2.45, 2.75) is 64.5 Å². The first-order valence-electron chi connectivity index (χ1n) is 11.7. The smallest absolute Gasteiger partial charge is 0.254 e. The summed E-state index contributed by atoms with van der Waals surface area (Å²) in [5.74, 6) is 0.684. The van der Waals surface area contributed by atoms with Crippen LogP contribution in [0.2, 0.25) is 0 Å². The molecule has 0 spiro atoms. The van der Waals surface area contributed by atoms with Crippen LogP contribution in [0.5, 0.6) is 0 Å². The molecule has 1 aromatic heterocycles. The summed E-state index contributed by atoms with van der Waals surface area (Å²) in [4.78, 5) is 22.5. The maximum absolute atomic E-state index is 13.5. The molecule has 160 valence electrons. The quantitative estimate of drug-likeness (QED) is 0.673. The minimum atomic E-state index is 0.136. The van der Waals surface area contributed by atoms with Gasteiger partial charge >= 0.3 is 0 Å². The maximum Gasteiger partial charge on any atom is 0.254 e. The summed E-state index contributed by atoms with van der Waals surface area (Å²) in [7, 11) is 0. The van der Waals surface area contributed by atoms with Gasteiger partial charge < -0.3 is 9.80 Å². The van der Waals surface area contributed by atoms with Gasteiger partial charge in [0, 0.05) is 43.6 Å². The number of benzene rings is 1. The van der Waals surface area contributed by atoms with Crippen LogP contribution in [-0.4, -0.2) is 46.4 Å². The van der Waals surface area contributed by atoms with Crippen LogP contribution in [0.1, 0.15) is 66.4 Å². The van der Waals surface area contributed by atoms with Crippen molar-refractivity contribution < 1.29 is 4.79 Å². The van der Waals surface area contributed by atoms with Crippen LogP contribution in [-0.2, 0) is 6.54 Å². The van der Waals surface area contributed by atoms with Crippen molar-refractivity contribution in [3.05, 3.63) is 65.5 Å². The van der Waals surface area contributed by atoms with Gasteiger partial charge in [-0.15, -0.1) is 0 Å². The van der Waals surface area contributed by atoms with Gasteiger partial charge in [-0.1, -0.05) is 43.0 Å². The van der Waals surface area contributed by atoms with Gasteiger partial charge in [0.2, 0.25) is 0 Å². The van der Waals surface area contributed by atoms with Crippen molar-refractivity contribution in [1.82, 2.24) is 14.8 Å². The third-order valence-electron chi connectivity index (χ3n) is 6.77. The molecule has 1 aromatic carbocycles. The second kappa shape index (κ2) is 10.2. The van der Waals surface area contributed by atoms with Gasteiger partial charge in [-0.3, -0.25) is 9.78 Å². The van der Waals surface area contributed by atoms with Crippen LogP contribution >= 0.6 is 0 Å². The molecule has 1 saturated carbocycles. The van der Waals surface area contributed by atoms with Crippen LogP contribution in [0.25, 0.3) is 0 Å². The molecule has 4 heteroatoms. The standard InChI is InChI=1S/C26H35N3O/c1-21-8-5-11-24(16-21)26(30)29(18-22-9-6-14-27-17-22)20-23-10-7-15-28(19-23)25-12-3-2-4-13-25/h5-6,8-9,11,14,16-17,23,25H,2-4,7,10,12-13,15,18-20H2,1H3/t23-/m0/s1. The number of nitrogens with zero attached hydrogens (tertiary/aromatic N) is 3. The molecule has 2 fully saturated rings. The number of rotatable bonds is 6. The Balaban J connectivity index is 1.48. The maximum atomic E-state index is 13.5. The Morgan fingerprint density at radius 2 is 1.97 bits per heavy atom. The van der Waals surface area contributed by atoms with Crippen molar-refractivity contribution in [2.75, 3.05) is 19.6 Å². The van der Waals surface area contributed by atoms with Crippen molar-refractivity contribution in [2.24, 2.45) is 5.92 Å². The third-order valence-corrected chi connectivity index (χ3v) is 6.77.